The van der Waals surface area contributed by atoms with E-state index in [1.165, 1.54) is 11.0 Å². The molecule has 0 spiro atoms. The summed E-state index contributed by atoms with van der Waals surface area (Å²) in [6, 6.07) is 9.81. The van der Waals surface area contributed by atoms with Crippen molar-refractivity contribution < 1.29 is 23.6 Å². The van der Waals surface area contributed by atoms with Crippen molar-refractivity contribution in [1.82, 2.24) is 4.90 Å². The maximum absolute atomic E-state index is 13.7. The van der Waals surface area contributed by atoms with Crippen LogP contribution in [0.2, 0.25) is 0 Å². The molecule has 1 saturated heterocycles. The first kappa shape index (κ1) is 19.8. The van der Waals surface area contributed by atoms with Crippen molar-refractivity contribution in [3.05, 3.63) is 64.0 Å². The molecule has 9 heteroatoms. The monoisotopic (exact) mass is 413 g/mol. The van der Waals surface area contributed by atoms with Gasteiger partial charge < -0.3 is 14.5 Å². The van der Waals surface area contributed by atoms with Crippen molar-refractivity contribution >= 4 is 23.2 Å². The van der Waals surface area contributed by atoms with Gasteiger partial charge >= 0.3 is 5.69 Å². The van der Waals surface area contributed by atoms with E-state index in [-0.39, 0.29) is 18.0 Å². The smallest absolute Gasteiger partial charge is 0.305 e. The van der Waals surface area contributed by atoms with Crippen LogP contribution >= 0.6 is 0 Å². The van der Waals surface area contributed by atoms with Gasteiger partial charge in [-0.1, -0.05) is 12.1 Å². The number of hydrogen-bond acceptors (Lipinski definition) is 5. The molecule has 2 aliphatic rings. The number of nitro groups is 1. The number of carbonyl (C=O) groups excluding carboxylic acids is 2. The lowest BCUT2D eigenvalue weighted by molar-refractivity contribution is -0.387. The quantitative estimate of drug-likeness (QED) is 0.569. The normalized spacial score (nSPS) is 18.4. The molecule has 1 fully saturated rings. The summed E-state index contributed by atoms with van der Waals surface area (Å²) in [6.07, 6.45) is 2.05. The maximum atomic E-state index is 13.7. The molecule has 0 bridgehead atoms. The zero-order chi connectivity index (χ0) is 21.3. The summed E-state index contributed by atoms with van der Waals surface area (Å²) >= 11 is 0. The predicted octanol–water partition coefficient (Wildman–Crippen LogP) is 3.15. The summed E-state index contributed by atoms with van der Waals surface area (Å²) in [5.41, 5.74) is -0.357. The topological polar surface area (TPSA) is 93.0 Å². The van der Waals surface area contributed by atoms with Crippen LogP contribution in [0.5, 0.6) is 5.75 Å². The van der Waals surface area contributed by atoms with Crippen LogP contribution in [-0.2, 0) is 4.79 Å². The fourth-order valence-corrected chi connectivity index (χ4v) is 3.81. The molecule has 8 nitrogen and oxygen atoms in total. The molecule has 30 heavy (non-hydrogen) atoms. The second-order valence-corrected chi connectivity index (χ2v) is 7.30. The minimum absolute atomic E-state index is 0.0314. The molecule has 0 aliphatic carbocycles. The molecule has 2 heterocycles. The minimum atomic E-state index is -1.02. The number of fused-ring (bicyclic) bond motifs is 1. The molecule has 2 amide bonds. The molecular formula is C21H20FN3O5. The van der Waals surface area contributed by atoms with E-state index in [0.29, 0.717) is 24.5 Å². The van der Waals surface area contributed by atoms with Crippen LogP contribution in [0.15, 0.2) is 42.5 Å². The lowest BCUT2D eigenvalue weighted by Gasteiger charge is -2.37. The summed E-state index contributed by atoms with van der Waals surface area (Å²) in [5.74, 6) is -1.39. The van der Waals surface area contributed by atoms with E-state index in [4.69, 9.17) is 4.74 Å². The predicted molar refractivity (Wildman–Crippen MR) is 106 cm³/mol. The summed E-state index contributed by atoms with van der Waals surface area (Å²) < 4.78 is 19.6. The zero-order valence-corrected chi connectivity index (χ0v) is 16.1. The molecule has 0 N–H and O–H groups in total. The molecule has 1 atom stereocenters. The van der Waals surface area contributed by atoms with Crippen LogP contribution in [0, 0.1) is 15.9 Å². The minimum Gasteiger partial charge on any atom is -0.476 e. The Morgan fingerprint density at radius 1 is 1.10 bits per heavy atom. The van der Waals surface area contributed by atoms with Gasteiger partial charge in [0.05, 0.1) is 17.2 Å². The van der Waals surface area contributed by atoms with E-state index in [9.17, 15) is 24.1 Å². The number of para-hydroxylation sites is 2. The van der Waals surface area contributed by atoms with Gasteiger partial charge in [0.1, 0.15) is 5.75 Å². The second kappa shape index (κ2) is 8.10. The molecule has 2 aliphatic heterocycles. The molecule has 0 unspecified atom stereocenters. The third-order valence-electron chi connectivity index (χ3n) is 5.35. The van der Waals surface area contributed by atoms with Crippen molar-refractivity contribution in [2.24, 2.45) is 0 Å². The highest BCUT2D eigenvalue weighted by Crippen LogP contribution is 2.35. The Morgan fingerprint density at radius 2 is 1.83 bits per heavy atom. The Hall–Kier alpha value is -3.49. The average Bonchev–Trinajstić information content (AvgIpc) is 2.78. The molecule has 0 saturated carbocycles. The van der Waals surface area contributed by atoms with Gasteiger partial charge in [-0.2, -0.15) is 4.39 Å². The molecular weight excluding hydrogens is 393 g/mol. The Morgan fingerprint density at radius 3 is 2.57 bits per heavy atom. The first-order chi connectivity index (χ1) is 14.5. The van der Waals surface area contributed by atoms with Crippen LogP contribution < -0.4 is 9.64 Å². The summed E-state index contributed by atoms with van der Waals surface area (Å²) in [5, 5.41) is 11.1. The number of piperidine rings is 1. The Kier molecular flexibility index (Phi) is 5.35. The number of hydrogen-bond donors (Lipinski definition) is 0. The number of halogens is 1. The van der Waals surface area contributed by atoms with Crippen LogP contribution in [-0.4, -0.2) is 47.4 Å². The fraction of sp³-hybridized carbons (Fsp3) is 0.333. The van der Waals surface area contributed by atoms with Crippen molar-refractivity contribution in [1.29, 1.82) is 0 Å². The Balaban J connectivity index is 1.66. The summed E-state index contributed by atoms with van der Waals surface area (Å²) in [4.78, 5) is 39.5. The van der Waals surface area contributed by atoms with Gasteiger partial charge in [-0.15, -0.1) is 0 Å². The van der Waals surface area contributed by atoms with E-state index >= 15 is 0 Å². The third kappa shape index (κ3) is 3.70. The van der Waals surface area contributed by atoms with Gasteiger partial charge in [0.25, 0.3) is 11.8 Å². The van der Waals surface area contributed by atoms with Gasteiger partial charge in [0.15, 0.2) is 6.10 Å². The molecule has 0 radical (unpaired) electrons. The highest BCUT2D eigenvalue weighted by Gasteiger charge is 2.37. The zero-order valence-electron chi connectivity index (χ0n) is 16.1. The van der Waals surface area contributed by atoms with Crippen LogP contribution in [0.1, 0.15) is 29.6 Å². The van der Waals surface area contributed by atoms with Gasteiger partial charge in [-0.3, -0.25) is 19.7 Å². The first-order valence-corrected chi connectivity index (χ1v) is 9.76. The first-order valence-electron chi connectivity index (χ1n) is 9.76. The van der Waals surface area contributed by atoms with Crippen molar-refractivity contribution in [2.75, 3.05) is 24.5 Å². The van der Waals surface area contributed by atoms with Gasteiger partial charge in [0.2, 0.25) is 5.82 Å². The number of anilines is 1. The maximum Gasteiger partial charge on any atom is 0.305 e. The molecule has 2 aromatic rings. The number of ether oxygens (including phenoxy) is 1. The van der Waals surface area contributed by atoms with Gasteiger partial charge in [-0.25, -0.2) is 0 Å². The Bertz CT molecular complexity index is 1010. The molecule has 2 aromatic carbocycles. The average molecular weight is 413 g/mol. The van der Waals surface area contributed by atoms with Crippen LogP contribution in [0.3, 0.4) is 0 Å². The van der Waals surface area contributed by atoms with Gasteiger partial charge in [0, 0.05) is 24.7 Å². The number of nitrogens with zero attached hydrogens (tertiary/aromatic N) is 3. The standard InChI is InChI=1S/C21H20FN3O5/c22-15-9-8-14(12-17(15)25(28)29)20(26)24-13-19(21(27)23-10-4-1-5-11-23)30-18-7-3-2-6-16(18)24/h2-3,6-9,12,19H,1,4-5,10-11,13H2/t19-/m1/s1. The van der Waals surface area contributed by atoms with Gasteiger partial charge in [-0.05, 0) is 43.5 Å². The SMILES string of the molecule is O=C([C@H]1CN(C(=O)c2ccc(F)c([N+](=O)[O-])c2)c2ccccc2O1)N1CCCCC1. The van der Waals surface area contributed by atoms with E-state index in [2.05, 4.69) is 0 Å². The Labute approximate surface area is 172 Å². The fourth-order valence-electron chi connectivity index (χ4n) is 3.81. The number of rotatable bonds is 3. The van der Waals surface area contributed by atoms with Crippen molar-refractivity contribution in [3.8, 4) is 5.75 Å². The van der Waals surface area contributed by atoms with E-state index in [0.717, 1.165) is 31.4 Å². The molecule has 0 aromatic heterocycles. The van der Waals surface area contributed by atoms with Crippen molar-refractivity contribution in [3.63, 3.8) is 0 Å². The number of nitro benzene ring substituents is 1. The molecule has 156 valence electrons. The second-order valence-electron chi connectivity index (χ2n) is 7.30. The number of likely N-dealkylation sites (tertiary alicyclic amines) is 1. The highest BCUT2D eigenvalue weighted by molar-refractivity contribution is 6.08. The largest absolute Gasteiger partial charge is 0.476 e. The van der Waals surface area contributed by atoms with E-state index in [1.54, 1.807) is 29.2 Å². The van der Waals surface area contributed by atoms with Crippen LogP contribution in [0.25, 0.3) is 0 Å². The number of amides is 2. The summed E-state index contributed by atoms with van der Waals surface area (Å²) in [6.45, 7) is 1.27. The lowest BCUT2D eigenvalue weighted by Crippen LogP contribution is -2.52. The number of benzene rings is 2. The third-order valence-corrected chi connectivity index (χ3v) is 5.35. The molecule has 4 rings (SSSR count). The van der Waals surface area contributed by atoms with Crippen LogP contribution in [0.4, 0.5) is 15.8 Å². The summed E-state index contributed by atoms with van der Waals surface area (Å²) in [7, 11) is 0. The van der Waals surface area contributed by atoms with Crippen molar-refractivity contribution in [2.45, 2.75) is 25.4 Å². The highest BCUT2D eigenvalue weighted by atomic mass is 19.1. The van der Waals surface area contributed by atoms with E-state index in [1.807, 2.05) is 0 Å². The lowest BCUT2D eigenvalue weighted by atomic mass is 10.1. The number of carbonyl (C=O) groups is 2. The van der Waals surface area contributed by atoms with E-state index < -0.39 is 28.4 Å².